The summed E-state index contributed by atoms with van der Waals surface area (Å²) in [5, 5.41) is 3.59. The van der Waals surface area contributed by atoms with Crippen molar-refractivity contribution in [2.24, 2.45) is 0 Å². The molecule has 5 heteroatoms. The second kappa shape index (κ2) is 6.84. The van der Waals surface area contributed by atoms with Gasteiger partial charge in [0.2, 0.25) is 0 Å². The molecule has 158 valence electrons. The zero-order chi connectivity index (χ0) is 21.9. The number of nitrogens with one attached hydrogen (secondary N) is 1. The van der Waals surface area contributed by atoms with Gasteiger partial charge in [0.1, 0.15) is 5.75 Å². The molecule has 0 atom stereocenters. The van der Waals surface area contributed by atoms with E-state index in [0.29, 0.717) is 17.9 Å². The number of para-hydroxylation sites is 1. The lowest BCUT2D eigenvalue weighted by molar-refractivity contribution is 0.408. The van der Waals surface area contributed by atoms with E-state index in [-0.39, 0.29) is 5.54 Å². The molecule has 0 bridgehead atoms. The van der Waals surface area contributed by atoms with Crippen LogP contribution in [0.5, 0.6) is 5.75 Å². The van der Waals surface area contributed by atoms with Crippen molar-refractivity contribution in [3.63, 3.8) is 0 Å². The van der Waals surface area contributed by atoms with Crippen LogP contribution in [0.4, 0.5) is 20.2 Å². The second-order valence-corrected chi connectivity index (χ2v) is 8.73. The lowest BCUT2D eigenvalue weighted by Crippen LogP contribution is -2.33. The standard InChI is InChI=1S/C26H24F2N2O/c1-15-7-5-6-8-22(15)30-14-18-16(17-11-19(27)20(28)12-24(17)31-4)9-10-21-25(18)23(30)13-26(2,3)29-21/h5-13,29H,14H2,1-4H3. The van der Waals surface area contributed by atoms with Gasteiger partial charge in [-0.25, -0.2) is 8.78 Å². The maximum Gasteiger partial charge on any atom is 0.162 e. The Kier molecular flexibility index (Phi) is 4.33. The number of hydrogen-bond donors (Lipinski definition) is 1. The van der Waals surface area contributed by atoms with Crippen LogP contribution < -0.4 is 15.0 Å². The molecule has 31 heavy (non-hydrogen) atoms. The fraction of sp³-hybridized carbons (Fsp3) is 0.231. The Bertz CT molecular complexity index is 1250. The SMILES string of the molecule is COc1cc(F)c(F)cc1-c1ccc2c3c1CN(c1ccccc1C)C3=CC(C)(C)N2. The van der Waals surface area contributed by atoms with Crippen LogP contribution in [0.15, 0.2) is 54.6 Å². The molecule has 1 N–H and O–H groups in total. The molecule has 0 spiro atoms. The first-order valence-electron chi connectivity index (χ1n) is 10.3. The van der Waals surface area contributed by atoms with Crippen LogP contribution in [0.25, 0.3) is 16.8 Å². The molecule has 0 aromatic heterocycles. The molecule has 3 aromatic rings. The Morgan fingerprint density at radius 2 is 1.74 bits per heavy atom. The summed E-state index contributed by atoms with van der Waals surface area (Å²) in [5.74, 6) is -1.48. The number of rotatable bonds is 3. The average Bonchev–Trinajstić information content (AvgIpc) is 3.09. The summed E-state index contributed by atoms with van der Waals surface area (Å²) in [4.78, 5) is 2.31. The first-order chi connectivity index (χ1) is 14.8. The van der Waals surface area contributed by atoms with Crippen LogP contribution in [0.2, 0.25) is 0 Å². The van der Waals surface area contributed by atoms with Gasteiger partial charge in [0.05, 0.1) is 12.6 Å². The Morgan fingerprint density at radius 3 is 2.48 bits per heavy atom. The number of halogens is 2. The number of aryl methyl sites for hydroxylation is 1. The van der Waals surface area contributed by atoms with Crippen molar-refractivity contribution in [1.82, 2.24) is 0 Å². The molecule has 0 fully saturated rings. The van der Waals surface area contributed by atoms with E-state index in [4.69, 9.17) is 4.74 Å². The quantitative estimate of drug-likeness (QED) is 0.524. The zero-order valence-electron chi connectivity index (χ0n) is 18.0. The van der Waals surface area contributed by atoms with E-state index >= 15 is 0 Å². The zero-order valence-corrected chi connectivity index (χ0v) is 18.0. The van der Waals surface area contributed by atoms with Crippen LogP contribution in [0, 0.1) is 18.6 Å². The topological polar surface area (TPSA) is 24.5 Å². The molecule has 3 aromatic carbocycles. The van der Waals surface area contributed by atoms with Crippen molar-refractivity contribution in [2.45, 2.75) is 32.9 Å². The van der Waals surface area contributed by atoms with Crippen molar-refractivity contribution >= 4 is 17.1 Å². The highest BCUT2D eigenvalue weighted by Crippen LogP contribution is 2.50. The number of methoxy groups -OCH3 is 1. The third-order valence-electron chi connectivity index (χ3n) is 6.07. The predicted octanol–water partition coefficient (Wildman–Crippen LogP) is 6.51. The lowest BCUT2D eigenvalue weighted by Gasteiger charge is -2.33. The Balaban J connectivity index is 1.76. The number of anilines is 2. The van der Waals surface area contributed by atoms with Gasteiger partial charge in [-0.1, -0.05) is 24.3 Å². The third-order valence-corrected chi connectivity index (χ3v) is 6.07. The number of nitrogens with zero attached hydrogens (tertiary/aromatic N) is 1. The van der Waals surface area contributed by atoms with E-state index < -0.39 is 11.6 Å². The summed E-state index contributed by atoms with van der Waals surface area (Å²) in [5.41, 5.74) is 7.84. The molecule has 0 saturated heterocycles. The molecule has 3 nitrogen and oxygen atoms in total. The first kappa shape index (κ1) is 19.6. The summed E-state index contributed by atoms with van der Waals surface area (Å²) in [6.45, 7) is 7.02. The van der Waals surface area contributed by atoms with E-state index in [9.17, 15) is 8.78 Å². The predicted molar refractivity (Wildman–Crippen MR) is 121 cm³/mol. The summed E-state index contributed by atoms with van der Waals surface area (Å²) >= 11 is 0. The normalized spacial score (nSPS) is 15.9. The van der Waals surface area contributed by atoms with Crippen molar-refractivity contribution in [3.05, 3.63) is 82.9 Å². The van der Waals surface area contributed by atoms with Gasteiger partial charge in [-0.15, -0.1) is 0 Å². The molecule has 0 amide bonds. The number of hydrogen-bond acceptors (Lipinski definition) is 3. The molecule has 2 heterocycles. The fourth-order valence-corrected chi connectivity index (χ4v) is 4.70. The van der Waals surface area contributed by atoms with E-state index in [1.807, 2.05) is 24.3 Å². The minimum Gasteiger partial charge on any atom is -0.496 e. The van der Waals surface area contributed by atoms with Gasteiger partial charge in [0.15, 0.2) is 11.6 Å². The van der Waals surface area contributed by atoms with Gasteiger partial charge in [0, 0.05) is 40.8 Å². The van der Waals surface area contributed by atoms with E-state index in [1.54, 1.807) is 0 Å². The van der Waals surface area contributed by atoms with E-state index in [1.165, 1.54) is 18.7 Å². The Labute approximate surface area is 181 Å². The van der Waals surface area contributed by atoms with Gasteiger partial charge in [0.25, 0.3) is 0 Å². The van der Waals surface area contributed by atoms with Gasteiger partial charge in [-0.3, -0.25) is 0 Å². The van der Waals surface area contributed by atoms with Crippen LogP contribution in [-0.4, -0.2) is 12.6 Å². The van der Waals surface area contributed by atoms with Crippen molar-refractivity contribution in [2.75, 3.05) is 17.3 Å². The minimum atomic E-state index is -0.916. The van der Waals surface area contributed by atoms with E-state index in [0.717, 1.165) is 39.8 Å². The molecule has 0 saturated carbocycles. The fourth-order valence-electron chi connectivity index (χ4n) is 4.70. The van der Waals surface area contributed by atoms with Gasteiger partial charge >= 0.3 is 0 Å². The monoisotopic (exact) mass is 418 g/mol. The highest BCUT2D eigenvalue weighted by molar-refractivity contribution is 5.97. The van der Waals surface area contributed by atoms with Crippen LogP contribution in [0.3, 0.4) is 0 Å². The molecule has 0 unspecified atom stereocenters. The molecular weight excluding hydrogens is 394 g/mol. The molecule has 5 rings (SSSR count). The maximum absolute atomic E-state index is 14.2. The van der Waals surface area contributed by atoms with Gasteiger partial charge < -0.3 is 15.0 Å². The van der Waals surface area contributed by atoms with E-state index in [2.05, 4.69) is 49.2 Å². The van der Waals surface area contributed by atoms with Crippen LogP contribution >= 0.6 is 0 Å². The molecule has 2 aliphatic rings. The first-order valence-corrected chi connectivity index (χ1v) is 10.3. The number of ether oxygens (including phenoxy) is 1. The summed E-state index contributed by atoms with van der Waals surface area (Å²) in [6, 6.07) is 14.6. The summed E-state index contributed by atoms with van der Waals surface area (Å²) < 4.78 is 33.5. The number of benzene rings is 3. The van der Waals surface area contributed by atoms with Crippen molar-refractivity contribution in [3.8, 4) is 16.9 Å². The van der Waals surface area contributed by atoms with Gasteiger partial charge in [-0.05, 0) is 61.7 Å². The summed E-state index contributed by atoms with van der Waals surface area (Å²) in [7, 11) is 1.48. The lowest BCUT2D eigenvalue weighted by atomic mass is 9.89. The van der Waals surface area contributed by atoms with Crippen LogP contribution in [0.1, 0.15) is 30.5 Å². The molecule has 0 aliphatic carbocycles. The second-order valence-electron chi connectivity index (χ2n) is 8.73. The Hall–Kier alpha value is -3.34. The Morgan fingerprint density at radius 1 is 1.00 bits per heavy atom. The summed E-state index contributed by atoms with van der Waals surface area (Å²) in [6.07, 6.45) is 2.24. The van der Waals surface area contributed by atoms with Crippen molar-refractivity contribution < 1.29 is 13.5 Å². The highest BCUT2D eigenvalue weighted by Gasteiger charge is 2.36. The largest absolute Gasteiger partial charge is 0.496 e. The molecular formula is C26H24F2N2O. The highest BCUT2D eigenvalue weighted by atomic mass is 19.2. The average molecular weight is 418 g/mol. The molecule has 2 aliphatic heterocycles. The molecule has 0 radical (unpaired) electrons. The minimum absolute atomic E-state index is 0.216. The van der Waals surface area contributed by atoms with Gasteiger partial charge in [-0.2, -0.15) is 0 Å². The van der Waals surface area contributed by atoms with Crippen molar-refractivity contribution in [1.29, 1.82) is 0 Å². The third kappa shape index (κ3) is 3.07. The van der Waals surface area contributed by atoms with Crippen LogP contribution in [-0.2, 0) is 6.54 Å². The smallest absolute Gasteiger partial charge is 0.162 e. The maximum atomic E-state index is 14.2.